The zero-order valence-corrected chi connectivity index (χ0v) is 17.8. The van der Waals surface area contributed by atoms with Crippen LogP contribution in [0, 0.1) is 20.8 Å². The Morgan fingerprint density at radius 3 is 2.81 bits per heavy atom. The predicted molar refractivity (Wildman–Crippen MR) is 117 cm³/mol. The highest BCUT2D eigenvalue weighted by atomic mass is 16.5. The molecule has 0 unspecified atom stereocenters. The Morgan fingerprint density at radius 1 is 1.19 bits per heavy atom. The molecule has 9 heteroatoms. The first kappa shape index (κ1) is 19.7. The molecule has 160 valence electrons. The molecular weight excluding hydrogens is 408 g/mol. The Labute approximate surface area is 183 Å². The number of nitrogens with zero attached hydrogens (tertiary/aromatic N) is 5. The molecule has 0 aromatic carbocycles. The van der Waals surface area contributed by atoms with Crippen molar-refractivity contribution in [2.45, 2.75) is 27.3 Å². The number of aromatic nitrogens is 5. The highest BCUT2D eigenvalue weighted by Gasteiger charge is 2.21. The molecule has 5 heterocycles. The van der Waals surface area contributed by atoms with Crippen LogP contribution in [-0.4, -0.2) is 30.8 Å². The number of amides is 1. The minimum Gasteiger partial charge on any atom is -0.466 e. The second-order valence-corrected chi connectivity index (χ2v) is 7.54. The first-order valence-electron chi connectivity index (χ1n) is 10.1. The van der Waals surface area contributed by atoms with E-state index >= 15 is 0 Å². The molecule has 0 bridgehead atoms. The van der Waals surface area contributed by atoms with Crippen LogP contribution >= 0.6 is 0 Å². The third-order valence-corrected chi connectivity index (χ3v) is 5.13. The van der Waals surface area contributed by atoms with E-state index in [0.29, 0.717) is 46.2 Å². The molecule has 0 saturated heterocycles. The van der Waals surface area contributed by atoms with Crippen molar-refractivity contribution in [1.82, 2.24) is 24.9 Å². The summed E-state index contributed by atoms with van der Waals surface area (Å²) in [6.45, 7) is 6.05. The highest BCUT2D eigenvalue weighted by Crippen LogP contribution is 2.30. The lowest BCUT2D eigenvalue weighted by Gasteiger charge is -2.06. The summed E-state index contributed by atoms with van der Waals surface area (Å²) in [6, 6.07) is 9.20. The van der Waals surface area contributed by atoms with Gasteiger partial charge in [-0.2, -0.15) is 5.10 Å². The average Bonchev–Trinajstić information content (AvgIpc) is 3.47. The molecule has 0 aliphatic carbocycles. The number of pyridine rings is 2. The van der Waals surface area contributed by atoms with Gasteiger partial charge in [0, 0.05) is 30.2 Å². The fourth-order valence-corrected chi connectivity index (χ4v) is 3.68. The molecule has 32 heavy (non-hydrogen) atoms. The molecule has 5 aromatic heterocycles. The van der Waals surface area contributed by atoms with Crippen LogP contribution in [0.3, 0.4) is 0 Å². The van der Waals surface area contributed by atoms with Crippen LogP contribution in [0.25, 0.3) is 22.4 Å². The number of fused-ring (bicyclic) bond motifs is 1. The normalized spacial score (nSPS) is 11.2. The van der Waals surface area contributed by atoms with Crippen molar-refractivity contribution in [3.8, 4) is 11.3 Å². The minimum atomic E-state index is -0.325. The van der Waals surface area contributed by atoms with E-state index in [1.165, 1.54) is 0 Å². The maximum atomic E-state index is 13.2. The van der Waals surface area contributed by atoms with Gasteiger partial charge in [-0.3, -0.25) is 14.5 Å². The molecule has 5 aromatic rings. The highest BCUT2D eigenvalue weighted by molar-refractivity contribution is 6.12. The number of carbonyl (C=O) groups excluding carboxylic acids is 1. The number of hydrogen-bond donors (Lipinski definition) is 1. The number of nitrogens with one attached hydrogen (secondary N) is 1. The Morgan fingerprint density at radius 2 is 2.06 bits per heavy atom. The van der Waals surface area contributed by atoms with E-state index in [0.717, 1.165) is 16.9 Å². The lowest BCUT2D eigenvalue weighted by atomic mass is 10.1. The second-order valence-electron chi connectivity index (χ2n) is 7.54. The Balaban J connectivity index is 1.47. The summed E-state index contributed by atoms with van der Waals surface area (Å²) in [7, 11) is 0. The monoisotopic (exact) mass is 428 g/mol. The van der Waals surface area contributed by atoms with Crippen molar-refractivity contribution in [3.05, 3.63) is 77.3 Å². The van der Waals surface area contributed by atoms with Crippen molar-refractivity contribution in [2.24, 2.45) is 0 Å². The number of hydrogen-bond acceptors (Lipinski definition) is 7. The summed E-state index contributed by atoms with van der Waals surface area (Å²) in [6.07, 6.45) is 5.31. The predicted octanol–water partition coefficient (Wildman–Crippen LogP) is 4.30. The summed E-state index contributed by atoms with van der Waals surface area (Å²) in [4.78, 5) is 21.9. The van der Waals surface area contributed by atoms with Crippen molar-refractivity contribution in [2.75, 3.05) is 5.32 Å². The number of furan rings is 1. The van der Waals surface area contributed by atoms with E-state index in [1.807, 2.05) is 32.0 Å². The Bertz CT molecular complexity index is 1430. The summed E-state index contributed by atoms with van der Waals surface area (Å²) in [5.74, 6) is 1.59. The molecule has 0 atom stereocenters. The van der Waals surface area contributed by atoms with Crippen molar-refractivity contribution in [3.63, 3.8) is 0 Å². The van der Waals surface area contributed by atoms with Gasteiger partial charge in [-0.05, 0) is 44.5 Å². The van der Waals surface area contributed by atoms with Crippen molar-refractivity contribution >= 4 is 22.8 Å². The van der Waals surface area contributed by atoms with E-state index < -0.39 is 0 Å². The summed E-state index contributed by atoms with van der Waals surface area (Å²) in [5, 5.41) is 11.9. The van der Waals surface area contributed by atoms with Gasteiger partial charge in [0.1, 0.15) is 11.5 Å². The SMILES string of the molecule is Cc1cc(-c2cc(C(=O)Nc3ccn(Cc4cccnc4)n3)c3c(C)noc3n2)c(C)o1. The standard InChI is InChI=1S/C23H20N6O3/c1-13-9-17(15(3)31-13)19-10-18(21-14(2)28-32-23(21)25-19)22(30)26-20-6-8-29(27-20)12-16-5-4-7-24-11-16/h4-11H,12H2,1-3H3,(H,26,27,30). The van der Waals surface area contributed by atoms with Crippen LogP contribution in [-0.2, 0) is 6.54 Å². The van der Waals surface area contributed by atoms with Crippen LogP contribution in [0.1, 0.15) is 33.1 Å². The molecule has 0 saturated carbocycles. The Kier molecular flexibility index (Phi) is 4.78. The molecule has 0 aliphatic heterocycles. The first-order valence-corrected chi connectivity index (χ1v) is 10.1. The van der Waals surface area contributed by atoms with Crippen molar-refractivity contribution < 1.29 is 13.7 Å². The summed E-state index contributed by atoms with van der Waals surface area (Å²) >= 11 is 0. The van der Waals surface area contributed by atoms with E-state index in [4.69, 9.17) is 8.94 Å². The third kappa shape index (κ3) is 3.64. The van der Waals surface area contributed by atoms with E-state index in [-0.39, 0.29) is 5.91 Å². The molecule has 9 nitrogen and oxygen atoms in total. The lowest BCUT2D eigenvalue weighted by Crippen LogP contribution is -2.14. The van der Waals surface area contributed by atoms with E-state index in [1.54, 1.807) is 42.3 Å². The zero-order chi connectivity index (χ0) is 22.2. The maximum Gasteiger partial charge on any atom is 0.259 e. The summed E-state index contributed by atoms with van der Waals surface area (Å²) < 4.78 is 12.7. The van der Waals surface area contributed by atoms with Gasteiger partial charge in [0.15, 0.2) is 5.82 Å². The van der Waals surface area contributed by atoms with Crippen LogP contribution in [0.5, 0.6) is 0 Å². The topological polar surface area (TPSA) is 112 Å². The Hall–Kier alpha value is -4.27. The second kappa shape index (κ2) is 7.77. The molecule has 0 spiro atoms. The van der Waals surface area contributed by atoms with Crippen LogP contribution in [0.2, 0.25) is 0 Å². The van der Waals surface area contributed by atoms with Crippen molar-refractivity contribution in [1.29, 1.82) is 0 Å². The number of anilines is 1. The van der Waals surface area contributed by atoms with Crippen LogP contribution in [0.15, 0.2) is 57.9 Å². The first-order chi connectivity index (χ1) is 15.5. The smallest absolute Gasteiger partial charge is 0.259 e. The van der Waals surface area contributed by atoms with Gasteiger partial charge < -0.3 is 14.3 Å². The van der Waals surface area contributed by atoms with Gasteiger partial charge in [-0.15, -0.1) is 0 Å². The summed E-state index contributed by atoms with van der Waals surface area (Å²) in [5.41, 5.74) is 3.68. The van der Waals surface area contributed by atoms with Crippen LogP contribution in [0.4, 0.5) is 5.82 Å². The lowest BCUT2D eigenvalue weighted by molar-refractivity contribution is 0.102. The molecule has 0 aliphatic rings. The minimum absolute atomic E-state index is 0.297. The zero-order valence-electron chi connectivity index (χ0n) is 17.8. The van der Waals surface area contributed by atoms with Gasteiger partial charge >= 0.3 is 0 Å². The van der Waals surface area contributed by atoms with Gasteiger partial charge in [0.25, 0.3) is 11.6 Å². The van der Waals surface area contributed by atoms with Gasteiger partial charge in [0.2, 0.25) is 0 Å². The molecule has 1 N–H and O–H groups in total. The molecule has 0 fully saturated rings. The molecule has 5 rings (SSSR count). The quantitative estimate of drug-likeness (QED) is 0.444. The number of carbonyl (C=O) groups is 1. The molecular formula is C23H20N6O3. The van der Waals surface area contributed by atoms with Crippen LogP contribution < -0.4 is 5.32 Å². The molecule has 0 radical (unpaired) electrons. The third-order valence-electron chi connectivity index (χ3n) is 5.13. The largest absolute Gasteiger partial charge is 0.466 e. The molecule has 1 amide bonds. The average molecular weight is 428 g/mol. The van der Waals surface area contributed by atoms with E-state index in [9.17, 15) is 4.79 Å². The number of aryl methyl sites for hydroxylation is 3. The van der Waals surface area contributed by atoms with Gasteiger partial charge in [-0.1, -0.05) is 11.2 Å². The van der Waals surface area contributed by atoms with Gasteiger partial charge in [-0.25, -0.2) is 4.98 Å². The fraction of sp³-hybridized carbons (Fsp3) is 0.174. The van der Waals surface area contributed by atoms with Gasteiger partial charge in [0.05, 0.1) is 28.9 Å². The fourth-order valence-electron chi connectivity index (χ4n) is 3.68. The van der Waals surface area contributed by atoms with E-state index in [2.05, 4.69) is 25.5 Å². The maximum absolute atomic E-state index is 13.2. The number of rotatable bonds is 5.